The molecule has 1 N–H and O–H groups in total. The van der Waals surface area contributed by atoms with Crippen LogP contribution in [0, 0.1) is 0 Å². The van der Waals surface area contributed by atoms with E-state index in [-0.39, 0.29) is 25.0 Å². The van der Waals surface area contributed by atoms with Crippen LogP contribution >= 0.6 is 7.82 Å². The van der Waals surface area contributed by atoms with Crippen molar-refractivity contribution in [2.75, 3.05) is 47.5 Å². The van der Waals surface area contributed by atoms with E-state index < -0.39 is 41.6 Å². The van der Waals surface area contributed by atoms with Crippen LogP contribution in [0.3, 0.4) is 0 Å². The predicted octanol–water partition coefficient (Wildman–Crippen LogP) is 8.06. The molecule has 0 aliphatic carbocycles. The lowest BCUT2D eigenvalue weighted by atomic mass is 10.1. The van der Waals surface area contributed by atoms with Crippen LogP contribution in [0.15, 0.2) is 24.3 Å². The minimum Gasteiger partial charge on any atom is -0.462 e. The van der Waals surface area contributed by atoms with Gasteiger partial charge >= 0.3 is 30.9 Å². The van der Waals surface area contributed by atoms with Gasteiger partial charge in [0.1, 0.15) is 0 Å². The Morgan fingerprint density at radius 3 is 1.73 bits per heavy atom. The van der Waals surface area contributed by atoms with E-state index in [4.69, 9.17) is 26.1 Å². The van der Waals surface area contributed by atoms with E-state index in [1.807, 2.05) is 0 Å². The molecule has 0 aromatic heterocycles. The van der Waals surface area contributed by atoms with Crippen LogP contribution in [0.1, 0.15) is 58.8 Å². The van der Waals surface area contributed by atoms with Gasteiger partial charge in [0.2, 0.25) is 0 Å². The highest BCUT2D eigenvalue weighted by molar-refractivity contribution is 7.47. The number of ether oxygens (including phenoxy) is 1. The molecule has 0 aromatic carbocycles. The summed E-state index contributed by atoms with van der Waals surface area (Å²) in [5.74, 6) is -0.265. The van der Waals surface area contributed by atoms with Crippen LogP contribution in [0.25, 0.3) is 0 Å². The van der Waals surface area contributed by atoms with Gasteiger partial charge in [-0.15, -0.1) is 0 Å². The molecular weight excluding hydrogens is 702 g/mol. The minimum atomic E-state index is -4.17. The van der Waals surface area contributed by atoms with Crippen LogP contribution in [0.4, 0.5) is 0 Å². The molecule has 282 valence electrons. The molecule has 16 heteroatoms. The van der Waals surface area contributed by atoms with E-state index >= 15 is 0 Å². The molecule has 0 amide bonds. The second-order valence-electron chi connectivity index (χ2n) is 15.7. The van der Waals surface area contributed by atoms with Crippen LogP contribution < -0.4 is 0 Å². The summed E-state index contributed by atoms with van der Waals surface area (Å²) in [6, 6.07) is 2.34. The van der Waals surface area contributed by atoms with Gasteiger partial charge in [0, 0.05) is 18.4 Å². The number of ketones is 1. The maximum absolute atomic E-state index is 12.5. The molecule has 0 radical (unpaired) electrons. The fraction of sp³-hybridized carbons (Fsp3) is 0.812. The summed E-state index contributed by atoms with van der Waals surface area (Å²) in [6.45, 7) is 27.0. The fourth-order valence-corrected chi connectivity index (χ4v) is 26.0. The van der Waals surface area contributed by atoms with Crippen molar-refractivity contribution in [1.82, 2.24) is 0 Å². The zero-order valence-electron chi connectivity index (χ0n) is 32.3. The monoisotopic (exact) mass is 770 g/mol. The summed E-state index contributed by atoms with van der Waals surface area (Å²) in [4.78, 5) is 33.9. The van der Waals surface area contributed by atoms with E-state index in [9.17, 15) is 19.0 Å². The number of phosphoric ester groups is 1. The number of nitrogens with zero attached hydrogens (tertiary/aromatic N) is 1. The number of phosphoric acid groups is 1. The molecule has 0 aromatic rings. The third-order valence-electron chi connectivity index (χ3n) is 7.40. The van der Waals surface area contributed by atoms with Gasteiger partial charge in [0.05, 0.1) is 47.5 Å². The van der Waals surface area contributed by atoms with Gasteiger partial charge in [-0.05, 0) is 103 Å². The molecular formula is C32H69NO10PSi4+. The number of carbonyl (C=O) groups is 2. The van der Waals surface area contributed by atoms with E-state index in [1.165, 1.54) is 0 Å². The standard InChI is InChI=1S/C32H68NO10PSi4/c1-29(2)31(34)21-15-17-26-45(8,9)41-47(12,13)43-48(14,42-46(10,11)27-18-16-23-38-32(35)30(3)4)28-20-25-40-44(36,37)39-24-19-22-33(5,6)7/h1,3,15-28H2,2,4-14H3/p+1. The van der Waals surface area contributed by atoms with Crippen LogP contribution in [0.5, 0.6) is 0 Å². The number of Topliss-reactive ketones (excluding diaryl/α,β-unsaturated/α-hetero) is 1. The van der Waals surface area contributed by atoms with Crippen molar-refractivity contribution in [3.8, 4) is 0 Å². The van der Waals surface area contributed by atoms with Gasteiger partial charge in [-0.1, -0.05) is 26.0 Å². The summed E-state index contributed by atoms with van der Waals surface area (Å²) in [6.07, 6.45) is 4.92. The number of hydrogen-bond acceptors (Lipinski definition) is 9. The molecule has 0 rings (SSSR count). The Bertz CT molecular complexity index is 1100. The zero-order chi connectivity index (χ0) is 37.5. The number of unbranched alkanes of at least 4 members (excludes halogenated alkanes) is 2. The van der Waals surface area contributed by atoms with Gasteiger partial charge in [0.15, 0.2) is 22.4 Å². The fourth-order valence-electron chi connectivity index (χ4n) is 5.34. The van der Waals surface area contributed by atoms with Gasteiger partial charge in [-0.3, -0.25) is 13.8 Å². The van der Waals surface area contributed by atoms with E-state index in [0.29, 0.717) is 43.1 Å². The van der Waals surface area contributed by atoms with Crippen molar-refractivity contribution in [3.05, 3.63) is 24.3 Å². The van der Waals surface area contributed by atoms with Gasteiger partial charge in [0.25, 0.3) is 0 Å². The SMILES string of the molecule is C=C(C)C(=O)CCCC[Si](C)(C)O[Si](C)(C)O[Si](C)(CCCOP(=O)(O)OCCC[N+](C)(C)C)O[Si](C)(C)CCCCOC(=O)C(=C)C. The Kier molecular flexibility index (Phi) is 20.8. The average molecular weight is 771 g/mol. The summed E-state index contributed by atoms with van der Waals surface area (Å²) in [5.41, 5.74) is 0.986. The third-order valence-corrected chi connectivity index (χ3v) is 24.6. The van der Waals surface area contributed by atoms with Crippen molar-refractivity contribution in [2.24, 2.45) is 0 Å². The second kappa shape index (κ2) is 21.1. The molecule has 2 atom stereocenters. The zero-order valence-corrected chi connectivity index (χ0v) is 37.2. The minimum absolute atomic E-state index is 0.0421. The molecule has 0 heterocycles. The molecule has 0 saturated carbocycles. The van der Waals surface area contributed by atoms with Crippen molar-refractivity contribution < 1.29 is 49.7 Å². The molecule has 2 unspecified atom stereocenters. The second-order valence-corrected chi connectivity index (χ2v) is 33.3. The Labute approximate surface area is 296 Å². The Balaban J connectivity index is 5.45. The number of rotatable bonds is 28. The molecule has 0 spiro atoms. The topological polar surface area (TPSA) is 127 Å². The maximum atomic E-state index is 12.5. The van der Waals surface area contributed by atoms with E-state index in [0.717, 1.165) is 48.8 Å². The van der Waals surface area contributed by atoms with Crippen LogP contribution in [-0.4, -0.2) is 102 Å². The first-order valence-corrected chi connectivity index (χ1v) is 30.3. The van der Waals surface area contributed by atoms with E-state index in [1.54, 1.807) is 13.8 Å². The Morgan fingerprint density at radius 1 is 0.688 bits per heavy atom. The lowest BCUT2D eigenvalue weighted by molar-refractivity contribution is -0.870. The smallest absolute Gasteiger partial charge is 0.462 e. The first-order chi connectivity index (χ1) is 21.7. The van der Waals surface area contributed by atoms with Crippen LogP contribution in [0.2, 0.25) is 64.0 Å². The molecule has 0 bridgehead atoms. The number of quaternary nitrogens is 1. The highest BCUT2D eigenvalue weighted by Crippen LogP contribution is 2.43. The van der Waals surface area contributed by atoms with Gasteiger partial charge in [-0.25, -0.2) is 9.36 Å². The first-order valence-electron chi connectivity index (χ1n) is 17.2. The summed E-state index contributed by atoms with van der Waals surface area (Å²) >= 11 is 0. The van der Waals surface area contributed by atoms with Gasteiger partial charge in [-0.2, -0.15) is 0 Å². The first kappa shape index (κ1) is 47.4. The number of hydrogen-bond donors (Lipinski definition) is 1. The molecule has 0 saturated heterocycles. The molecule has 0 aliphatic heterocycles. The lowest BCUT2D eigenvalue weighted by Gasteiger charge is -2.42. The van der Waals surface area contributed by atoms with Crippen molar-refractivity contribution in [3.63, 3.8) is 0 Å². The average Bonchev–Trinajstić information content (AvgIpc) is 2.89. The summed E-state index contributed by atoms with van der Waals surface area (Å²) in [5, 5.41) is 0. The predicted molar refractivity (Wildman–Crippen MR) is 204 cm³/mol. The molecule has 48 heavy (non-hydrogen) atoms. The third kappa shape index (κ3) is 24.6. The largest absolute Gasteiger partial charge is 0.472 e. The summed E-state index contributed by atoms with van der Waals surface area (Å²) in [7, 11) is -7.88. The highest BCUT2D eigenvalue weighted by atomic mass is 31.2. The van der Waals surface area contributed by atoms with Crippen molar-refractivity contribution in [2.45, 2.75) is 123 Å². The van der Waals surface area contributed by atoms with Crippen molar-refractivity contribution >= 4 is 53.3 Å². The lowest BCUT2D eigenvalue weighted by Crippen LogP contribution is -2.57. The Hall–Kier alpha value is -0.562. The number of esters is 1. The Morgan fingerprint density at radius 2 is 1.21 bits per heavy atom. The highest BCUT2D eigenvalue weighted by Gasteiger charge is 2.45. The molecule has 11 nitrogen and oxygen atoms in total. The number of carbonyl (C=O) groups excluding carboxylic acids is 2. The molecule has 0 fully saturated rings. The van der Waals surface area contributed by atoms with Crippen molar-refractivity contribution in [1.29, 1.82) is 0 Å². The normalized spacial score (nSPS) is 15.4. The van der Waals surface area contributed by atoms with Gasteiger partial charge < -0.3 is 26.5 Å². The maximum Gasteiger partial charge on any atom is 0.472 e. The quantitative estimate of drug-likeness (QED) is 0.0209. The molecule has 0 aliphatic rings. The van der Waals surface area contributed by atoms with E-state index in [2.05, 4.69) is 80.1 Å². The number of allylic oxidation sites excluding steroid dienone is 1. The summed E-state index contributed by atoms with van der Waals surface area (Å²) < 4.78 is 49.7. The van der Waals surface area contributed by atoms with Crippen LogP contribution in [-0.2, 0) is 40.3 Å².